The summed E-state index contributed by atoms with van der Waals surface area (Å²) in [5.74, 6) is -0.734. The SMILES string of the molecule is C/C=C(F)\C(=C/c1ncc(-c2cc(OC)c(C(=O)NC3CC3)c(OCC(F)F)c2)[nH]1)C1CN(C(=O)OC(C)(C)C)C1. The third kappa shape index (κ3) is 7.62. The molecule has 1 saturated carbocycles. The first kappa shape index (κ1) is 30.0. The maximum absolute atomic E-state index is 14.9. The maximum atomic E-state index is 14.9. The fourth-order valence-electron chi connectivity index (χ4n) is 4.29. The van der Waals surface area contributed by atoms with E-state index in [2.05, 4.69) is 15.3 Å². The molecule has 0 unspecified atom stereocenters. The number of alkyl halides is 2. The van der Waals surface area contributed by atoms with Crippen LogP contribution >= 0.6 is 0 Å². The summed E-state index contributed by atoms with van der Waals surface area (Å²) >= 11 is 0. The summed E-state index contributed by atoms with van der Waals surface area (Å²) in [5, 5.41) is 2.83. The van der Waals surface area contributed by atoms with Crippen molar-refractivity contribution in [3.8, 4) is 22.8 Å². The first-order valence-electron chi connectivity index (χ1n) is 13.4. The van der Waals surface area contributed by atoms with Gasteiger partial charge in [0.2, 0.25) is 0 Å². The fourth-order valence-corrected chi connectivity index (χ4v) is 4.29. The van der Waals surface area contributed by atoms with Gasteiger partial charge in [-0.2, -0.15) is 0 Å². The van der Waals surface area contributed by atoms with Gasteiger partial charge in [-0.3, -0.25) is 4.79 Å². The molecule has 1 aliphatic carbocycles. The molecular formula is C29H35F3N4O5. The van der Waals surface area contributed by atoms with Crippen molar-refractivity contribution in [1.29, 1.82) is 0 Å². The molecule has 1 saturated heterocycles. The Balaban J connectivity index is 1.59. The first-order chi connectivity index (χ1) is 19.4. The number of carbonyl (C=O) groups excluding carboxylic acids is 2. The minimum absolute atomic E-state index is 0.0281. The molecule has 0 bridgehead atoms. The number of ether oxygens (including phenoxy) is 3. The molecule has 0 radical (unpaired) electrons. The van der Waals surface area contributed by atoms with Gasteiger partial charge in [-0.25, -0.2) is 22.9 Å². The summed E-state index contributed by atoms with van der Waals surface area (Å²) in [6, 6.07) is 3.08. The van der Waals surface area contributed by atoms with Crippen molar-refractivity contribution < 1.29 is 37.0 Å². The lowest BCUT2D eigenvalue weighted by atomic mass is 9.90. The second-order valence-corrected chi connectivity index (χ2v) is 11.0. The molecule has 9 nitrogen and oxygen atoms in total. The predicted molar refractivity (Wildman–Crippen MR) is 147 cm³/mol. The Morgan fingerprint density at radius 1 is 1.22 bits per heavy atom. The molecule has 1 aromatic heterocycles. The van der Waals surface area contributed by atoms with Crippen LogP contribution in [0.15, 0.2) is 35.8 Å². The normalized spacial score (nSPS) is 16.5. The smallest absolute Gasteiger partial charge is 0.410 e. The Morgan fingerprint density at radius 3 is 2.49 bits per heavy atom. The van der Waals surface area contributed by atoms with Crippen LogP contribution in [-0.4, -0.2) is 71.7 Å². The summed E-state index contributed by atoms with van der Waals surface area (Å²) in [7, 11) is 1.37. The lowest BCUT2D eigenvalue weighted by Crippen LogP contribution is -2.52. The van der Waals surface area contributed by atoms with Crippen LogP contribution < -0.4 is 14.8 Å². The molecule has 12 heteroatoms. The number of aromatic amines is 1. The van der Waals surface area contributed by atoms with Crippen molar-refractivity contribution in [3.63, 3.8) is 0 Å². The molecule has 0 atom stereocenters. The van der Waals surface area contributed by atoms with Crippen LogP contribution in [0.1, 0.15) is 56.7 Å². The zero-order chi connectivity index (χ0) is 29.9. The monoisotopic (exact) mass is 576 g/mol. The lowest BCUT2D eigenvalue weighted by molar-refractivity contribution is 0.00372. The molecule has 2 fully saturated rings. The molecule has 2 amide bonds. The summed E-state index contributed by atoms with van der Waals surface area (Å²) in [6.07, 6.45) is 2.90. The second kappa shape index (κ2) is 12.3. The van der Waals surface area contributed by atoms with E-state index in [1.54, 1.807) is 39.8 Å². The number of halogens is 3. The first-order valence-corrected chi connectivity index (χ1v) is 13.4. The number of imidazole rings is 1. The molecule has 1 aliphatic heterocycles. The van der Waals surface area contributed by atoms with Crippen molar-refractivity contribution in [2.45, 2.75) is 58.6 Å². The van der Waals surface area contributed by atoms with Crippen LogP contribution in [0.2, 0.25) is 0 Å². The number of aromatic nitrogens is 2. The highest BCUT2D eigenvalue weighted by atomic mass is 19.3. The number of amides is 2. The molecule has 2 N–H and O–H groups in total. The number of benzene rings is 1. The largest absolute Gasteiger partial charge is 0.496 e. The number of methoxy groups -OCH3 is 1. The van der Waals surface area contributed by atoms with E-state index in [1.165, 1.54) is 30.3 Å². The van der Waals surface area contributed by atoms with E-state index in [0.29, 0.717) is 35.7 Å². The van der Waals surface area contributed by atoms with Gasteiger partial charge >= 0.3 is 6.09 Å². The lowest BCUT2D eigenvalue weighted by Gasteiger charge is -2.40. The summed E-state index contributed by atoms with van der Waals surface area (Å²) in [5.41, 5.74) is 0.704. The van der Waals surface area contributed by atoms with E-state index in [-0.39, 0.29) is 29.0 Å². The molecule has 2 heterocycles. The standard InChI is InChI=1S/C29H35F3N4O5/c1-6-20(30)19(17-13-36(14-17)28(38)41-29(2,3)4)11-25-33-12-21(35-25)16-9-22(39-5)26(27(37)34-18-7-8-18)23(10-16)40-15-24(31)32/h6,9-12,17-18,24H,7-8,13-15H2,1-5H3,(H,33,35)(H,34,37)/b19-11-,20-6+. The Labute approximate surface area is 236 Å². The van der Waals surface area contributed by atoms with Crippen LogP contribution in [0.4, 0.5) is 18.0 Å². The topological polar surface area (TPSA) is 106 Å². The maximum Gasteiger partial charge on any atom is 0.410 e. The highest BCUT2D eigenvalue weighted by Gasteiger charge is 2.37. The van der Waals surface area contributed by atoms with Gasteiger partial charge in [-0.15, -0.1) is 0 Å². The van der Waals surface area contributed by atoms with E-state index in [0.717, 1.165) is 12.8 Å². The van der Waals surface area contributed by atoms with Gasteiger partial charge < -0.3 is 29.4 Å². The Morgan fingerprint density at radius 2 is 1.90 bits per heavy atom. The molecule has 2 aliphatic rings. The Bertz CT molecular complexity index is 1340. The van der Waals surface area contributed by atoms with Crippen LogP contribution in [-0.2, 0) is 4.74 Å². The molecule has 4 rings (SSSR count). The summed E-state index contributed by atoms with van der Waals surface area (Å²) in [4.78, 5) is 34.1. The van der Waals surface area contributed by atoms with Gasteiger partial charge in [0, 0.05) is 30.6 Å². The minimum atomic E-state index is -2.74. The zero-order valence-corrected chi connectivity index (χ0v) is 23.7. The van der Waals surface area contributed by atoms with E-state index >= 15 is 0 Å². The average Bonchev–Trinajstić information content (AvgIpc) is 3.56. The quantitative estimate of drug-likeness (QED) is 0.349. The number of nitrogens with one attached hydrogen (secondary N) is 2. The zero-order valence-electron chi connectivity index (χ0n) is 23.7. The summed E-state index contributed by atoms with van der Waals surface area (Å²) < 4.78 is 57.0. The predicted octanol–water partition coefficient (Wildman–Crippen LogP) is 5.75. The fraction of sp³-hybridized carbons (Fsp3) is 0.483. The van der Waals surface area contributed by atoms with Crippen molar-refractivity contribution in [2.24, 2.45) is 5.92 Å². The second-order valence-electron chi connectivity index (χ2n) is 11.0. The Kier molecular flexibility index (Phi) is 8.98. The van der Waals surface area contributed by atoms with Gasteiger partial charge in [0.25, 0.3) is 12.3 Å². The third-order valence-corrected chi connectivity index (χ3v) is 6.49. The van der Waals surface area contributed by atoms with Crippen LogP contribution in [0, 0.1) is 5.92 Å². The highest BCUT2D eigenvalue weighted by molar-refractivity contribution is 6.01. The van der Waals surface area contributed by atoms with E-state index < -0.39 is 36.5 Å². The average molecular weight is 577 g/mol. The molecular weight excluding hydrogens is 541 g/mol. The molecule has 222 valence electrons. The minimum Gasteiger partial charge on any atom is -0.496 e. The number of nitrogens with zero attached hydrogens (tertiary/aromatic N) is 2. The number of H-pyrrole nitrogens is 1. The van der Waals surface area contributed by atoms with Crippen molar-refractivity contribution in [2.75, 3.05) is 26.8 Å². The van der Waals surface area contributed by atoms with Crippen molar-refractivity contribution >= 4 is 18.1 Å². The van der Waals surface area contributed by atoms with Crippen LogP contribution in [0.3, 0.4) is 0 Å². The Hall–Kier alpha value is -3.96. The third-order valence-electron chi connectivity index (χ3n) is 6.49. The number of likely N-dealkylation sites (tertiary alicyclic amines) is 1. The number of allylic oxidation sites excluding steroid dienone is 2. The van der Waals surface area contributed by atoms with Crippen LogP contribution in [0.25, 0.3) is 17.3 Å². The van der Waals surface area contributed by atoms with E-state index in [1.807, 2.05) is 0 Å². The molecule has 0 spiro atoms. The van der Waals surface area contributed by atoms with Gasteiger partial charge in [0.05, 0.1) is 19.0 Å². The van der Waals surface area contributed by atoms with Gasteiger partial charge in [0.15, 0.2) is 0 Å². The van der Waals surface area contributed by atoms with E-state index in [4.69, 9.17) is 14.2 Å². The molecule has 2 aromatic rings. The molecule has 1 aromatic carbocycles. The van der Waals surface area contributed by atoms with Crippen molar-refractivity contribution in [3.05, 3.63) is 47.2 Å². The molecule has 41 heavy (non-hydrogen) atoms. The van der Waals surface area contributed by atoms with Crippen molar-refractivity contribution in [1.82, 2.24) is 20.2 Å². The highest BCUT2D eigenvalue weighted by Crippen LogP contribution is 2.37. The summed E-state index contributed by atoms with van der Waals surface area (Å²) in [6.45, 7) is 6.60. The van der Waals surface area contributed by atoms with Gasteiger partial charge in [-0.05, 0) is 64.3 Å². The number of hydrogen-bond acceptors (Lipinski definition) is 6. The van der Waals surface area contributed by atoms with Crippen LogP contribution in [0.5, 0.6) is 11.5 Å². The number of rotatable bonds is 10. The van der Waals surface area contributed by atoms with E-state index in [9.17, 15) is 22.8 Å². The number of carbonyl (C=O) groups is 2. The van der Waals surface area contributed by atoms with Gasteiger partial charge in [-0.1, -0.05) is 6.08 Å². The van der Waals surface area contributed by atoms with Gasteiger partial charge in [0.1, 0.15) is 40.9 Å². The number of hydrogen-bond donors (Lipinski definition) is 2.